The molecule has 4 rings (SSSR count). The van der Waals surface area contributed by atoms with Crippen LogP contribution in [0.5, 0.6) is 5.88 Å². The van der Waals surface area contributed by atoms with Crippen molar-refractivity contribution in [1.29, 1.82) is 5.26 Å². The maximum absolute atomic E-state index is 9.68. The third kappa shape index (κ3) is 3.50. The summed E-state index contributed by atoms with van der Waals surface area (Å²) in [5.74, 6) is 0.975. The van der Waals surface area contributed by atoms with Gasteiger partial charge < -0.3 is 10.5 Å². The zero-order chi connectivity index (χ0) is 19.0. The summed E-state index contributed by atoms with van der Waals surface area (Å²) in [4.78, 5) is 2.19. The average Bonchev–Trinajstić information content (AvgIpc) is 3.26. The Kier molecular flexibility index (Phi) is 5.00. The fourth-order valence-electron chi connectivity index (χ4n) is 2.97. The van der Waals surface area contributed by atoms with Crippen molar-refractivity contribution in [1.82, 2.24) is 10.2 Å². The van der Waals surface area contributed by atoms with Gasteiger partial charge in [-0.05, 0) is 41.1 Å². The number of allylic oxidation sites excluding steroid dienone is 1. The first-order chi connectivity index (χ1) is 13.1. The van der Waals surface area contributed by atoms with Gasteiger partial charge in [-0.1, -0.05) is 17.7 Å². The zero-order valence-corrected chi connectivity index (χ0v) is 17.5. The van der Waals surface area contributed by atoms with Crippen molar-refractivity contribution in [3.05, 3.63) is 73.3 Å². The topological polar surface area (TPSA) is 87.7 Å². The molecule has 27 heavy (non-hydrogen) atoms. The number of aryl methyl sites for hydroxylation is 1. The maximum atomic E-state index is 9.68. The van der Waals surface area contributed by atoms with Crippen LogP contribution in [0, 0.1) is 18.3 Å². The Hall–Kier alpha value is -2.21. The number of thiophene rings is 1. The van der Waals surface area contributed by atoms with E-state index >= 15 is 0 Å². The smallest absolute Gasteiger partial charge is 0.244 e. The molecule has 0 bridgehead atoms. The van der Waals surface area contributed by atoms with E-state index in [1.807, 2.05) is 11.4 Å². The standard InChI is InChI=1S/C19H15BrN4OS2/c1-10-2-4-12(5-3-10)26-9-14-17-16(15-6-11(20)8-27-15)13(7-21)18(22)25-19(17)24-23-14/h2-6,8,16H,9,22H2,1H3,(H,23,24). The summed E-state index contributed by atoms with van der Waals surface area (Å²) in [6.07, 6.45) is 0. The van der Waals surface area contributed by atoms with Crippen LogP contribution in [0.3, 0.4) is 0 Å². The number of thioether (sulfide) groups is 1. The molecule has 0 aliphatic carbocycles. The highest BCUT2D eigenvalue weighted by atomic mass is 79.9. The molecule has 8 heteroatoms. The number of nitrogens with one attached hydrogen (secondary N) is 1. The van der Waals surface area contributed by atoms with Crippen molar-refractivity contribution in [2.24, 2.45) is 5.73 Å². The van der Waals surface area contributed by atoms with Gasteiger partial charge in [-0.15, -0.1) is 28.2 Å². The lowest BCUT2D eigenvalue weighted by Crippen LogP contribution is -2.20. The monoisotopic (exact) mass is 458 g/mol. The Balaban J connectivity index is 1.70. The number of hydrogen-bond donors (Lipinski definition) is 2. The zero-order valence-electron chi connectivity index (χ0n) is 14.3. The first-order valence-corrected chi connectivity index (χ1v) is 10.8. The number of hydrogen-bond acceptors (Lipinski definition) is 6. The van der Waals surface area contributed by atoms with Gasteiger partial charge in [0.15, 0.2) is 0 Å². The Morgan fingerprint density at radius 3 is 2.85 bits per heavy atom. The predicted molar refractivity (Wildman–Crippen MR) is 111 cm³/mol. The Morgan fingerprint density at radius 2 is 2.19 bits per heavy atom. The van der Waals surface area contributed by atoms with Crippen molar-refractivity contribution in [2.75, 3.05) is 0 Å². The van der Waals surface area contributed by atoms with E-state index in [0.29, 0.717) is 17.2 Å². The lowest BCUT2D eigenvalue weighted by molar-refractivity contribution is 0.379. The molecule has 0 amide bonds. The fourth-order valence-corrected chi connectivity index (χ4v) is 5.39. The molecule has 5 nitrogen and oxygen atoms in total. The first kappa shape index (κ1) is 18.2. The summed E-state index contributed by atoms with van der Waals surface area (Å²) >= 11 is 6.78. The molecule has 0 saturated heterocycles. The van der Waals surface area contributed by atoms with E-state index in [1.54, 1.807) is 23.1 Å². The number of fused-ring (bicyclic) bond motifs is 1. The highest BCUT2D eigenvalue weighted by Gasteiger charge is 2.35. The molecule has 2 aromatic heterocycles. The second-order valence-corrected chi connectivity index (χ2v) is 9.02. The molecule has 1 atom stereocenters. The van der Waals surface area contributed by atoms with Gasteiger partial charge in [0.25, 0.3) is 0 Å². The van der Waals surface area contributed by atoms with Crippen LogP contribution in [0.15, 0.2) is 56.5 Å². The molecule has 136 valence electrons. The second kappa shape index (κ2) is 7.43. The molecule has 0 saturated carbocycles. The molecule has 1 unspecified atom stereocenters. The minimum atomic E-state index is -0.276. The fraction of sp³-hybridized carbons (Fsp3) is 0.158. The quantitative estimate of drug-likeness (QED) is 0.533. The molecule has 0 radical (unpaired) electrons. The van der Waals surface area contributed by atoms with Crippen LogP contribution >= 0.6 is 39.0 Å². The third-order valence-corrected chi connectivity index (χ3v) is 7.09. The second-order valence-electron chi connectivity index (χ2n) is 6.11. The van der Waals surface area contributed by atoms with Gasteiger partial charge in [-0.25, -0.2) is 0 Å². The van der Waals surface area contributed by atoms with Gasteiger partial charge >= 0.3 is 0 Å². The molecule has 1 aliphatic rings. The summed E-state index contributed by atoms with van der Waals surface area (Å²) in [6, 6.07) is 12.6. The Morgan fingerprint density at radius 1 is 1.41 bits per heavy atom. The summed E-state index contributed by atoms with van der Waals surface area (Å²) in [7, 11) is 0. The van der Waals surface area contributed by atoms with Gasteiger partial charge in [0, 0.05) is 25.4 Å². The largest absolute Gasteiger partial charge is 0.420 e. The molecule has 0 spiro atoms. The number of H-pyrrole nitrogens is 1. The minimum absolute atomic E-state index is 0.115. The van der Waals surface area contributed by atoms with Gasteiger partial charge in [-0.2, -0.15) is 5.26 Å². The van der Waals surface area contributed by atoms with E-state index in [2.05, 4.69) is 63.4 Å². The number of rotatable bonds is 4. The number of aromatic amines is 1. The van der Waals surface area contributed by atoms with E-state index in [0.717, 1.165) is 20.6 Å². The van der Waals surface area contributed by atoms with Crippen LogP contribution in [0.2, 0.25) is 0 Å². The number of benzene rings is 1. The number of nitrogens with two attached hydrogens (primary N) is 1. The number of ether oxygens (including phenoxy) is 1. The SMILES string of the molecule is Cc1ccc(SCc2[nH]nc3c2C(c2cc(Br)cs2)C(C#N)=C(N)O3)cc1. The Bertz CT molecular complexity index is 1060. The molecule has 0 fully saturated rings. The van der Waals surface area contributed by atoms with Crippen LogP contribution in [0.1, 0.15) is 27.6 Å². The highest BCUT2D eigenvalue weighted by molar-refractivity contribution is 9.10. The van der Waals surface area contributed by atoms with Gasteiger partial charge in [0.2, 0.25) is 11.8 Å². The first-order valence-electron chi connectivity index (χ1n) is 8.15. The minimum Gasteiger partial charge on any atom is -0.420 e. The molecule has 3 heterocycles. The number of nitrogens with zero attached hydrogens (tertiary/aromatic N) is 2. The van der Waals surface area contributed by atoms with E-state index in [1.165, 1.54) is 10.5 Å². The van der Waals surface area contributed by atoms with E-state index in [4.69, 9.17) is 10.5 Å². The number of halogens is 1. The van der Waals surface area contributed by atoms with Crippen molar-refractivity contribution in [2.45, 2.75) is 23.5 Å². The highest BCUT2D eigenvalue weighted by Crippen LogP contribution is 2.46. The third-order valence-electron chi connectivity index (χ3n) is 4.29. The van der Waals surface area contributed by atoms with Gasteiger partial charge in [0.1, 0.15) is 11.6 Å². The number of aromatic nitrogens is 2. The van der Waals surface area contributed by atoms with Crippen LogP contribution in [0.25, 0.3) is 0 Å². The van der Waals surface area contributed by atoms with Crippen LogP contribution in [-0.2, 0) is 5.75 Å². The lowest BCUT2D eigenvalue weighted by atomic mass is 9.89. The maximum Gasteiger partial charge on any atom is 0.244 e. The van der Waals surface area contributed by atoms with Crippen molar-refractivity contribution >= 4 is 39.0 Å². The Labute approximate surface area is 173 Å². The van der Waals surface area contributed by atoms with Crippen LogP contribution in [0.4, 0.5) is 0 Å². The molecule has 1 aromatic carbocycles. The van der Waals surface area contributed by atoms with Gasteiger partial charge in [-0.3, -0.25) is 5.10 Å². The summed E-state index contributed by atoms with van der Waals surface area (Å²) in [5, 5.41) is 19.0. The van der Waals surface area contributed by atoms with Crippen molar-refractivity contribution in [3.8, 4) is 11.9 Å². The molecule has 3 aromatic rings. The van der Waals surface area contributed by atoms with Crippen LogP contribution in [-0.4, -0.2) is 10.2 Å². The summed E-state index contributed by atoms with van der Waals surface area (Å²) < 4.78 is 6.60. The summed E-state index contributed by atoms with van der Waals surface area (Å²) in [5.41, 5.74) is 9.46. The van der Waals surface area contributed by atoms with Gasteiger partial charge in [0.05, 0.1) is 17.2 Å². The van der Waals surface area contributed by atoms with Crippen molar-refractivity contribution in [3.63, 3.8) is 0 Å². The molecule has 3 N–H and O–H groups in total. The van der Waals surface area contributed by atoms with E-state index in [9.17, 15) is 5.26 Å². The molecule has 1 aliphatic heterocycles. The lowest BCUT2D eigenvalue weighted by Gasteiger charge is -2.22. The van der Waals surface area contributed by atoms with E-state index < -0.39 is 0 Å². The van der Waals surface area contributed by atoms with Crippen molar-refractivity contribution < 1.29 is 4.74 Å². The molecular formula is C19H15BrN4OS2. The van der Waals surface area contributed by atoms with E-state index in [-0.39, 0.29) is 11.8 Å². The normalized spacial score (nSPS) is 16.0. The average molecular weight is 459 g/mol. The summed E-state index contributed by atoms with van der Waals surface area (Å²) in [6.45, 7) is 2.07. The number of nitriles is 1. The van der Waals surface area contributed by atoms with Crippen LogP contribution < -0.4 is 10.5 Å². The molecular weight excluding hydrogens is 444 g/mol. The predicted octanol–water partition coefficient (Wildman–Crippen LogP) is 5.05.